The van der Waals surface area contributed by atoms with Crippen molar-refractivity contribution in [3.63, 3.8) is 0 Å². The first-order valence-corrected chi connectivity index (χ1v) is 11.2. The van der Waals surface area contributed by atoms with E-state index >= 15 is 0 Å². The molecule has 0 fully saturated rings. The van der Waals surface area contributed by atoms with E-state index < -0.39 is 0 Å². The summed E-state index contributed by atoms with van der Waals surface area (Å²) in [5, 5.41) is 19.0. The van der Waals surface area contributed by atoms with E-state index in [9.17, 15) is 0 Å². The van der Waals surface area contributed by atoms with Crippen LogP contribution in [0, 0.1) is 0 Å². The van der Waals surface area contributed by atoms with E-state index in [1.165, 1.54) is 82.3 Å². The van der Waals surface area contributed by atoms with E-state index in [0.29, 0.717) is 6.54 Å². The molecule has 0 radical (unpaired) electrons. The van der Waals surface area contributed by atoms with Crippen LogP contribution in [-0.4, -0.2) is 48.4 Å². The number of rotatable bonds is 22. The van der Waals surface area contributed by atoms with E-state index in [2.05, 4.69) is 19.1 Å². The lowest BCUT2D eigenvalue weighted by atomic mass is 10.1. The van der Waals surface area contributed by atoms with Crippen LogP contribution in [0.15, 0.2) is 12.2 Å². The summed E-state index contributed by atoms with van der Waals surface area (Å²) >= 11 is 0. The molecular formula is C22H45NO4. The normalized spacial score (nSPS) is 11.9. The highest BCUT2D eigenvalue weighted by atomic mass is 16.9. The minimum absolute atomic E-state index is 0.0353. The zero-order valence-electron chi connectivity index (χ0n) is 17.7. The standard InChI is InChI=1S/C22H45NO4/c1-2-3-4-5-6-7-8-9-10-11-12-13-14-15-16-17-18-23(26-21-19-24)27-22-20-25/h9-10,24-25H,2-8,11-22H2,1H3/b10-9-. The molecule has 0 aliphatic rings. The van der Waals surface area contributed by atoms with E-state index in [1.807, 2.05) is 0 Å². The van der Waals surface area contributed by atoms with Gasteiger partial charge in [0.15, 0.2) is 0 Å². The first-order valence-electron chi connectivity index (χ1n) is 11.2. The summed E-state index contributed by atoms with van der Waals surface area (Å²) in [6, 6.07) is 0. The maximum atomic E-state index is 8.79. The van der Waals surface area contributed by atoms with E-state index in [4.69, 9.17) is 19.9 Å². The van der Waals surface area contributed by atoms with Gasteiger partial charge < -0.3 is 10.2 Å². The molecule has 0 amide bonds. The van der Waals surface area contributed by atoms with Gasteiger partial charge in [0.25, 0.3) is 0 Å². The fraction of sp³-hybridized carbons (Fsp3) is 0.909. The quantitative estimate of drug-likeness (QED) is 0.152. The predicted octanol–water partition coefficient (Wildman–Crippen LogP) is 5.17. The Hall–Kier alpha value is -0.460. The zero-order valence-corrected chi connectivity index (χ0v) is 17.7. The summed E-state index contributed by atoms with van der Waals surface area (Å²) in [7, 11) is 0. The lowest BCUT2D eigenvalue weighted by molar-refractivity contribution is -0.371. The van der Waals surface area contributed by atoms with Crippen molar-refractivity contribution in [2.45, 2.75) is 96.8 Å². The topological polar surface area (TPSA) is 62.2 Å². The number of aliphatic hydroxyl groups excluding tert-OH is 2. The lowest BCUT2D eigenvalue weighted by Gasteiger charge is -2.20. The van der Waals surface area contributed by atoms with Crippen molar-refractivity contribution in [1.29, 1.82) is 0 Å². The number of allylic oxidation sites excluding steroid dienone is 2. The van der Waals surface area contributed by atoms with E-state index in [0.717, 1.165) is 12.8 Å². The summed E-state index contributed by atoms with van der Waals surface area (Å²) < 4.78 is 0. The molecular weight excluding hydrogens is 342 g/mol. The van der Waals surface area contributed by atoms with Crippen LogP contribution in [0.4, 0.5) is 0 Å². The van der Waals surface area contributed by atoms with Crippen LogP contribution in [0.3, 0.4) is 0 Å². The smallest absolute Gasteiger partial charge is 0.0942 e. The molecule has 0 aromatic heterocycles. The maximum Gasteiger partial charge on any atom is 0.0942 e. The highest BCUT2D eigenvalue weighted by Gasteiger charge is 2.05. The first-order chi connectivity index (χ1) is 13.3. The third kappa shape index (κ3) is 21.7. The summed E-state index contributed by atoms with van der Waals surface area (Å²) in [6.45, 7) is 3.30. The Morgan fingerprint density at radius 1 is 0.630 bits per heavy atom. The van der Waals surface area contributed by atoms with Crippen LogP contribution < -0.4 is 0 Å². The molecule has 0 saturated heterocycles. The molecule has 0 aliphatic heterocycles. The van der Waals surface area contributed by atoms with Gasteiger partial charge in [-0.05, 0) is 32.1 Å². The Kier molecular flexibility index (Phi) is 23.2. The van der Waals surface area contributed by atoms with E-state index in [1.54, 1.807) is 0 Å². The Balaban J connectivity index is 3.34. The monoisotopic (exact) mass is 387 g/mol. The SMILES string of the molecule is CCCCCCCC/C=C\CCCCCCCCN(OCCO)OCCO. The number of nitrogens with zero attached hydrogens (tertiary/aromatic N) is 1. The number of hydrogen-bond donors (Lipinski definition) is 2. The number of aliphatic hydroxyl groups is 2. The molecule has 0 atom stereocenters. The number of hydrogen-bond acceptors (Lipinski definition) is 5. The third-order valence-corrected chi connectivity index (χ3v) is 4.51. The molecule has 0 aliphatic carbocycles. The van der Waals surface area contributed by atoms with Gasteiger partial charge in [0.2, 0.25) is 0 Å². The molecule has 5 nitrogen and oxygen atoms in total. The van der Waals surface area contributed by atoms with Crippen LogP contribution in [0.2, 0.25) is 0 Å². The molecule has 5 heteroatoms. The van der Waals surface area contributed by atoms with Gasteiger partial charge in [0, 0.05) is 0 Å². The Bertz CT molecular complexity index is 292. The second-order valence-corrected chi connectivity index (χ2v) is 7.11. The van der Waals surface area contributed by atoms with Crippen molar-refractivity contribution in [2.75, 3.05) is 33.0 Å². The van der Waals surface area contributed by atoms with Gasteiger partial charge in [-0.15, -0.1) is 0 Å². The van der Waals surface area contributed by atoms with Crippen molar-refractivity contribution >= 4 is 0 Å². The second-order valence-electron chi connectivity index (χ2n) is 7.11. The maximum absolute atomic E-state index is 8.79. The van der Waals surface area contributed by atoms with Gasteiger partial charge >= 0.3 is 0 Å². The lowest BCUT2D eigenvalue weighted by Crippen LogP contribution is -2.28. The van der Waals surface area contributed by atoms with Crippen molar-refractivity contribution in [3.05, 3.63) is 12.2 Å². The van der Waals surface area contributed by atoms with Crippen LogP contribution in [-0.2, 0) is 9.68 Å². The largest absolute Gasteiger partial charge is 0.394 e. The van der Waals surface area contributed by atoms with Gasteiger partial charge in [-0.3, -0.25) is 9.68 Å². The van der Waals surface area contributed by atoms with Crippen molar-refractivity contribution in [1.82, 2.24) is 5.23 Å². The summed E-state index contributed by atoms with van der Waals surface area (Å²) in [5.41, 5.74) is 0. The minimum Gasteiger partial charge on any atom is -0.394 e. The summed E-state index contributed by atoms with van der Waals surface area (Å²) in [4.78, 5) is 10.5. The molecule has 0 rings (SSSR count). The molecule has 0 aromatic rings. The van der Waals surface area contributed by atoms with Crippen molar-refractivity contribution in [3.8, 4) is 0 Å². The first kappa shape index (κ1) is 26.5. The molecule has 162 valence electrons. The van der Waals surface area contributed by atoms with Crippen LogP contribution in [0.1, 0.15) is 96.8 Å². The fourth-order valence-electron chi connectivity index (χ4n) is 2.94. The third-order valence-electron chi connectivity index (χ3n) is 4.51. The number of hydroxylamine groups is 2. The molecule has 0 heterocycles. The molecule has 0 bridgehead atoms. The zero-order chi connectivity index (χ0) is 19.8. The molecule has 0 unspecified atom stereocenters. The highest BCUT2D eigenvalue weighted by Crippen LogP contribution is 2.10. The molecule has 0 saturated carbocycles. The van der Waals surface area contributed by atoms with Crippen LogP contribution in [0.25, 0.3) is 0 Å². The predicted molar refractivity (Wildman–Crippen MR) is 112 cm³/mol. The molecule has 0 aromatic carbocycles. The minimum atomic E-state index is -0.0353. The van der Waals surface area contributed by atoms with E-state index in [-0.39, 0.29) is 26.4 Å². The van der Waals surface area contributed by atoms with Crippen molar-refractivity contribution in [2.24, 2.45) is 0 Å². The van der Waals surface area contributed by atoms with Crippen LogP contribution in [0.5, 0.6) is 0 Å². The van der Waals surface area contributed by atoms with Crippen molar-refractivity contribution < 1.29 is 19.9 Å². The average molecular weight is 388 g/mol. The van der Waals surface area contributed by atoms with Crippen LogP contribution >= 0.6 is 0 Å². The summed E-state index contributed by atoms with van der Waals surface area (Å²) in [6.07, 6.45) is 22.7. The summed E-state index contributed by atoms with van der Waals surface area (Å²) in [5.74, 6) is 0. The fourth-order valence-corrected chi connectivity index (χ4v) is 2.94. The Labute approximate surface area is 167 Å². The molecule has 27 heavy (non-hydrogen) atoms. The molecule has 0 spiro atoms. The van der Waals surface area contributed by atoms with Gasteiger partial charge in [0.05, 0.1) is 33.0 Å². The van der Waals surface area contributed by atoms with Gasteiger partial charge in [0.1, 0.15) is 0 Å². The molecule has 2 N–H and O–H groups in total. The Morgan fingerprint density at radius 3 is 1.56 bits per heavy atom. The average Bonchev–Trinajstić information content (AvgIpc) is 2.69. The second kappa shape index (κ2) is 23.6. The van der Waals surface area contributed by atoms with Gasteiger partial charge in [-0.1, -0.05) is 82.1 Å². The van der Waals surface area contributed by atoms with Gasteiger partial charge in [-0.2, -0.15) is 0 Å². The Morgan fingerprint density at radius 2 is 1.07 bits per heavy atom. The number of unbranched alkanes of at least 4 members (excludes halogenated alkanes) is 12. The van der Waals surface area contributed by atoms with Gasteiger partial charge in [-0.25, -0.2) is 0 Å². The highest BCUT2D eigenvalue weighted by molar-refractivity contribution is 4.81.